The van der Waals surface area contributed by atoms with Crippen molar-refractivity contribution in [2.45, 2.75) is 22.6 Å². The van der Waals surface area contributed by atoms with E-state index in [0.717, 1.165) is 17.3 Å². The van der Waals surface area contributed by atoms with E-state index in [1.54, 1.807) is 18.2 Å². The van der Waals surface area contributed by atoms with Crippen LogP contribution in [0.3, 0.4) is 0 Å². The Kier molecular flexibility index (Phi) is 4.75. The standard InChI is InChI=1S/C11H12Br2ClNO2S/c12-8-3-5-15(6-4-8)18(16,17)11-2-1-9(13)7-10(11)14/h1-2,7-8H,3-6H2. The zero-order valence-electron chi connectivity index (χ0n) is 9.44. The highest BCUT2D eigenvalue weighted by Gasteiger charge is 2.30. The Balaban J connectivity index is 2.30. The van der Waals surface area contributed by atoms with Gasteiger partial charge >= 0.3 is 0 Å². The van der Waals surface area contributed by atoms with Crippen LogP contribution >= 0.6 is 43.5 Å². The number of rotatable bonds is 2. The summed E-state index contributed by atoms with van der Waals surface area (Å²) >= 11 is 12.8. The van der Waals surface area contributed by atoms with E-state index in [9.17, 15) is 8.42 Å². The number of benzene rings is 1. The van der Waals surface area contributed by atoms with Crippen LogP contribution in [0.2, 0.25) is 5.02 Å². The van der Waals surface area contributed by atoms with Gasteiger partial charge in [0.05, 0.1) is 5.02 Å². The van der Waals surface area contributed by atoms with Gasteiger partial charge in [-0.05, 0) is 31.0 Å². The molecule has 7 heteroatoms. The molecule has 1 saturated heterocycles. The van der Waals surface area contributed by atoms with E-state index in [0.29, 0.717) is 17.9 Å². The van der Waals surface area contributed by atoms with Gasteiger partial charge in [0.15, 0.2) is 0 Å². The molecule has 2 rings (SSSR count). The van der Waals surface area contributed by atoms with Gasteiger partial charge in [0.2, 0.25) is 10.0 Å². The number of hydrogen-bond donors (Lipinski definition) is 0. The van der Waals surface area contributed by atoms with Gasteiger partial charge in [-0.15, -0.1) is 0 Å². The topological polar surface area (TPSA) is 37.4 Å². The van der Waals surface area contributed by atoms with Crippen LogP contribution in [-0.2, 0) is 10.0 Å². The maximum Gasteiger partial charge on any atom is 0.244 e. The molecule has 0 unspecified atom stereocenters. The van der Waals surface area contributed by atoms with Gasteiger partial charge in [-0.2, -0.15) is 4.31 Å². The van der Waals surface area contributed by atoms with Gasteiger partial charge in [-0.3, -0.25) is 0 Å². The molecule has 0 N–H and O–H groups in total. The van der Waals surface area contributed by atoms with E-state index in [-0.39, 0.29) is 9.92 Å². The van der Waals surface area contributed by atoms with Crippen LogP contribution in [0, 0.1) is 0 Å². The van der Waals surface area contributed by atoms with Crippen molar-refractivity contribution in [2.75, 3.05) is 13.1 Å². The molecule has 1 aliphatic rings. The van der Waals surface area contributed by atoms with Crippen LogP contribution in [0.4, 0.5) is 0 Å². The third-order valence-corrected chi connectivity index (χ3v) is 6.69. The lowest BCUT2D eigenvalue weighted by atomic mass is 10.2. The second-order valence-corrected chi connectivity index (χ2v) is 8.68. The summed E-state index contributed by atoms with van der Waals surface area (Å²) in [7, 11) is -3.47. The Hall–Kier alpha value is 0.380. The van der Waals surface area contributed by atoms with Crippen LogP contribution in [0.1, 0.15) is 12.8 Å². The summed E-state index contributed by atoms with van der Waals surface area (Å²) in [6.45, 7) is 1.06. The first-order chi connectivity index (χ1) is 8.41. The number of nitrogens with zero attached hydrogens (tertiary/aromatic N) is 1. The smallest absolute Gasteiger partial charge is 0.207 e. The number of alkyl halides is 1. The molecule has 1 aromatic carbocycles. The predicted molar refractivity (Wildman–Crippen MR) is 79.9 cm³/mol. The Morgan fingerprint density at radius 1 is 1.28 bits per heavy atom. The summed E-state index contributed by atoms with van der Waals surface area (Å²) in [5.41, 5.74) is 0. The number of hydrogen-bond acceptors (Lipinski definition) is 2. The van der Waals surface area contributed by atoms with E-state index >= 15 is 0 Å². The second-order valence-electron chi connectivity index (χ2n) is 4.15. The van der Waals surface area contributed by atoms with Crippen molar-refractivity contribution in [2.24, 2.45) is 0 Å². The molecule has 1 heterocycles. The lowest BCUT2D eigenvalue weighted by Crippen LogP contribution is -2.38. The summed E-state index contributed by atoms with van der Waals surface area (Å²) in [4.78, 5) is 0.588. The second kappa shape index (κ2) is 5.79. The first kappa shape index (κ1) is 14.8. The Morgan fingerprint density at radius 2 is 1.89 bits per heavy atom. The molecular weight excluding hydrogens is 405 g/mol. The molecule has 0 amide bonds. The molecule has 1 aromatic rings. The van der Waals surface area contributed by atoms with Crippen molar-refractivity contribution in [3.05, 3.63) is 27.7 Å². The van der Waals surface area contributed by atoms with Crippen LogP contribution in [0.5, 0.6) is 0 Å². The first-order valence-corrected chi connectivity index (χ1v) is 9.03. The summed E-state index contributed by atoms with van der Waals surface area (Å²) in [5.74, 6) is 0. The summed E-state index contributed by atoms with van der Waals surface area (Å²) in [6, 6.07) is 4.84. The molecule has 0 spiro atoms. The lowest BCUT2D eigenvalue weighted by molar-refractivity contribution is 0.354. The van der Waals surface area contributed by atoms with Crippen molar-refractivity contribution in [1.82, 2.24) is 4.31 Å². The average Bonchev–Trinajstić information content (AvgIpc) is 2.29. The molecule has 0 bridgehead atoms. The number of sulfonamides is 1. The molecule has 18 heavy (non-hydrogen) atoms. The van der Waals surface area contributed by atoms with Gasteiger partial charge in [-0.25, -0.2) is 8.42 Å². The minimum atomic E-state index is -3.47. The maximum absolute atomic E-state index is 12.4. The lowest BCUT2D eigenvalue weighted by Gasteiger charge is -2.28. The molecule has 100 valence electrons. The highest BCUT2D eigenvalue weighted by Crippen LogP contribution is 2.30. The Morgan fingerprint density at radius 3 is 2.44 bits per heavy atom. The average molecular weight is 418 g/mol. The van der Waals surface area contributed by atoms with Crippen LogP contribution in [0.25, 0.3) is 0 Å². The molecule has 0 aliphatic carbocycles. The largest absolute Gasteiger partial charge is 0.244 e. The molecule has 1 fully saturated rings. The summed E-state index contributed by atoms with van der Waals surface area (Å²) in [5, 5.41) is 0.255. The SMILES string of the molecule is O=S(=O)(c1ccc(Br)cc1Cl)N1CCC(Br)CC1. The molecule has 0 radical (unpaired) electrons. The zero-order chi connectivity index (χ0) is 13.3. The monoisotopic (exact) mass is 415 g/mol. The predicted octanol–water partition coefficient (Wildman–Crippen LogP) is 3.65. The molecule has 0 atom stereocenters. The number of halogens is 3. The normalized spacial score (nSPS) is 19.1. The van der Waals surface area contributed by atoms with Crippen molar-refractivity contribution in [3.63, 3.8) is 0 Å². The molecule has 1 aliphatic heterocycles. The van der Waals surface area contributed by atoms with Gasteiger partial charge in [0.25, 0.3) is 0 Å². The van der Waals surface area contributed by atoms with E-state index in [2.05, 4.69) is 31.9 Å². The third-order valence-electron chi connectivity index (χ3n) is 2.90. The zero-order valence-corrected chi connectivity index (χ0v) is 14.2. The fourth-order valence-corrected chi connectivity index (χ4v) is 4.78. The molecule has 3 nitrogen and oxygen atoms in total. The van der Waals surface area contributed by atoms with E-state index < -0.39 is 10.0 Å². The fourth-order valence-electron chi connectivity index (χ4n) is 1.89. The molecule has 0 aromatic heterocycles. The van der Waals surface area contributed by atoms with Crippen molar-refractivity contribution in [3.8, 4) is 0 Å². The fraction of sp³-hybridized carbons (Fsp3) is 0.455. The van der Waals surface area contributed by atoms with Crippen LogP contribution < -0.4 is 0 Å². The Bertz CT molecular complexity index is 542. The van der Waals surface area contributed by atoms with E-state index in [1.807, 2.05) is 0 Å². The summed E-state index contributed by atoms with van der Waals surface area (Å²) < 4.78 is 27.1. The maximum atomic E-state index is 12.4. The molecular formula is C11H12Br2ClNO2S. The quantitative estimate of drug-likeness (QED) is 0.689. The minimum absolute atomic E-state index is 0.181. The highest BCUT2D eigenvalue weighted by molar-refractivity contribution is 9.10. The van der Waals surface area contributed by atoms with Crippen LogP contribution in [0.15, 0.2) is 27.6 Å². The number of piperidine rings is 1. The first-order valence-electron chi connectivity index (χ1n) is 5.50. The van der Waals surface area contributed by atoms with Gasteiger partial charge in [0.1, 0.15) is 4.90 Å². The van der Waals surface area contributed by atoms with Crippen molar-refractivity contribution >= 4 is 53.5 Å². The van der Waals surface area contributed by atoms with E-state index in [4.69, 9.17) is 11.6 Å². The van der Waals surface area contributed by atoms with Crippen molar-refractivity contribution in [1.29, 1.82) is 0 Å². The van der Waals surface area contributed by atoms with Crippen molar-refractivity contribution < 1.29 is 8.42 Å². The van der Waals surface area contributed by atoms with Gasteiger partial charge in [0, 0.05) is 22.4 Å². The molecule has 0 saturated carbocycles. The highest BCUT2D eigenvalue weighted by atomic mass is 79.9. The Labute approximate surface area is 129 Å². The third kappa shape index (κ3) is 3.10. The van der Waals surface area contributed by atoms with Crippen LogP contribution in [-0.4, -0.2) is 30.6 Å². The minimum Gasteiger partial charge on any atom is -0.207 e. The van der Waals surface area contributed by atoms with Gasteiger partial charge < -0.3 is 0 Å². The van der Waals surface area contributed by atoms with Gasteiger partial charge in [-0.1, -0.05) is 43.5 Å². The summed E-state index contributed by atoms with van der Waals surface area (Å²) in [6.07, 6.45) is 1.65. The van der Waals surface area contributed by atoms with E-state index in [1.165, 1.54) is 4.31 Å².